The molecule has 2 aliphatic heterocycles. The number of hydrogen-bond acceptors (Lipinski definition) is 5. The minimum atomic E-state index is -0.366. The number of aromatic nitrogens is 2. The third-order valence-corrected chi connectivity index (χ3v) is 7.10. The highest BCUT2D eigenvalue weighted by Crippen LogP contribution is 2.31. The third kappa shape index (κ3) is 3.88. The Morgan fingerprint density at radius 1 is 1.23 bits per heavy atom. The summed E-state index contributed by atoms with van der Waals surface area (Å²) >= 11 is 1.36. The number of nitrogens with zero attached hydrogens (tertiary/aromatic N) is 3. The fraction of sp³-hybridized carbons (Fsp3) is 0.375. The lowest BCUT2D eigenvalue weighted by molar-refractivity contribution is -0.117. The van der Waals surface area contributed by atoms with Crippen LogP contribution in [0, 0.1) is 0 Å². The predicted molar refractivity (Wildman–Crippen MR) is 123 cm³/mol. The monoisotopic (exact) mass is 435 g/mol. The van der Waals surface area contributed by atoms with E-state index in [9.17, 15) is 9.59 Å². The number of rotatable bonds is 5. The number of carbonyl (C=O) groups is 1. The molecule has 1 aromatic heterocycles. The van der Waals surface area contributed by atoms with Crippen molar-refractivity contribution in [3.8, 4) is 0 Å². The van der Waals surface area contributed by atoms with Gasteiger partial charge in [-0.3, -0.25) is 14.2 Å². The van der Waals surface area contributed by atoms with Crippen LogP contribution in [-0.2, 0) is 22.5 Å². The zero-order chi connectivity index (χ0) is 21.4. The van der Waals surface area contributed by atoms with Gasteiger partial charge >= 0.3 is 0 Å². The Bertz CT molecular complexity index is 1190. The van der Waals surface area contributed by atoms with Crippen LogP contribution in [0.2, 0.25) is 0 Å². The summed E-state index contributed by atoms with van der Waals surface area (Å²) in [6.07, 6.45) is 2.82. The highest BCUT2D eigenvalue weighted by Gasteiger charge is 2.30. The number of ether oxygens (including phenoxy) is 1. The fourth-order valence-corrected chi connectivity index (χ4v) is 5.37. The van der Waals surface area contributed by atoms with E-state index in [0.717, 1.165) is 31.6 Å². The first-order chi connectivity index (χ1) is 15.1. The van der Waals surface area contributed by atoms with Gasteiger partial charge in [0.15, 0.2) is 5.16 Å². The Morgan fingerprint density at radius 2 is 2.03 bits per heavy atom. The Hall–Kier alpha value is -2.64. The second kappa shape index (κ2) is 8.48. The number of carbonyl (C=O) groups excluding carboxylic acids is 1. The Labute approximate surface area is 185 Å². The number of hydrogen-bond donors (Lipinski definition) is 0. The first kappa shape index (κ1) is 20.3. The Balaban J connectivity index is 1.46. The van der Waals surface area contributed by atoms with Gasteiger partial charge in [-0.2, -0.15) is 0 Å². The van der Waals surface area contributed by atoms with Crippen LogP contribution in [0.25, 0.3) is 10.9 Å². The van der Waals surface area contributed by atoms with Gasteiger partial charge in [0, 0.05) is 18.8 Å². The number of benzene rings is 2. The average molecular weight is 436 g/mol. The molecule has 0 spiro atoms. The lowest BCUT2D eigenvalue weighted by atomic mass is 10.2. The first-order valence-corrected chi connectivity index (χ1v) is 11.7. The molecule has 6 nitrogen and oxygen atoms in total. The molecule has 2 atom stereocenters. The largest absolute Gasteiger partial charge is 0.376 e. The van der Waals surface area contributed by atoms with Crippen molar-refractivity contribution in [2.75, 3.05) is 18.1 Å². The standard InChI is InChI=1S/C24H25N3O3S/c1-16(22(28)26-13-12-17-7-2-5-11-21(17)26)31-24-25-20-10-4-3-9-19(20)23(29)27(24)15-18-8-6-14-30-18/h2-5,7,9-11,16,18H,6,8,12-15H2,1H3/t16-,18+/m0/s1. The summed E-state index contributed by atoms with van der Waals surface area (Å²) in [4.78, 5) is 33.2. The summed E-state index contributed by atoms with van der Waals surface area (Å²) in [7, 11) is 0. The zero-order valence-electron chi connectivity index (χ0n) is 17.5. The van der Waals surface area contributed by atoms with E-state index >= 15 is 0 Å². The summed E-state index contributed by atoms with van der Waals surface area (Å²) < 4.78 is 7.48. The molecule has 0 aliphatic carbocycles. The van der Waals surface area contributed by atoms with Gasteiger partial charge in [-0.15, -0.1) is 0 Å². The maximum absolute atomic E-state index is 13.3. The second-order valence-electron chi connectivity index (χ2n) is 8.09. The molecule has 1 amide bonds. The van der Waals surface area contributed by atoms with E-state index in [4.69, 9.17) is 9.72 Å². The fourth-order valence-electron chi connectivity index (χ4n) is 4.39. The van der Waals surface area contributed by atoms with Gasteiger partial charge in [0.2, 0.25) is 5.91 Å². The van der Waals surface area contributed by atoms with Crippen molar-refractivity contribution in [2.45, 2.75) is 49.2 Å². The van der Waals surface area contributed by atoms with Crippen LogP contribution in [-0.4, -0.2) is 40.0 Å². The lowest BCUT2D eigenvalue weighted by Crippen LogP contribution is -2.36. The zero-order valence-corrected chi connectivity index (χ0v) is 18.3. The van der Waals surface area contributed by atoms with Crippen LogP contribution in [0.5, 0.6) is 0 Å². The van der Waals surface area contributed by atoms with Crippen LogP contribution >= 0.6 is 11.8 Å². The van der Waals surface area contributed by atoms with E-state index in [-0.39, 0.29) is 22.8 Å². The molecule has 3 aromatic rings. The minimum Gasteiger partial charge on any atom is -0.376 e. The minimum absolute atomic E-state index is 0.0106. The quantitative estimate of drug-likeness (QED) is 0.452. The molecule has 0 unspecified atom stereocenters. The van der Waals surface area contributed by atoms with E-state index in [2.05, 4.69) is 6.07 Å². The molecular formula is C24H25N3O3S. The van der Waals surface area contributed by atoms with Crippen molar-refractivity contribution >= 4 is 34.3 Å². The van der Waals surface area contributed by atoms with Gasteiger partial charge < -0.3 is 9.64 Å². The van der Waals surface area contributed by atoms with Gasteiger partial charge in [-0.25, -0.2) is 4.98 Å². The van der Waals surface area contributed by atoms with Crippen LogP contribution in [0.15, 0.2) is 58.5 Å². The highest BCUT2D eigenvalue weighted by atomic mass is 32.2. The molecule has 2 aliphatic rings. The number of anilines is 1. The molecule has 2 aromatic carbocycles. The molecule has 5 rings (SSSR count). The van der Waals surface area contributed by atoms with Crippen molar-refractivity contribution in [3.05, 3.63) is 64.4 Å². The second-order valence-corrected chi connectivity index (χ2v) is 9.40. The Morgan fingerprint density at radius 3 is 2.87 bits per heavy atom. The molecule has 3 heterocycles. The molecule has 1 fully saturated rings. The molecule has 1 saturated heterocycles. The van der Waals surface area contributed by atoms with E-state index in [0.29, 0.717) is 29.1 Å². The van der Waals surface area contributed by atoms with E-state index < -0.39 is 0 Å². The van der Waals surface area contributed by atoms with Gasteiger partial charge in [0.25, 0.3) is 5.56 Å². The van der Waals surface area contributed by atoms with Crippen LogP contribution in [0.1, 0.15) is 25.3 Å². The Kier molecular flexibility index (Phi) is 5.54. The number of para-hydroxylation sites is 2. The van der Waals surface area contributed by atoms with Gasteiger partial charge in [-0.05, 0) is 49.9 Å². The summed E-state index contributed by atoms with van der Waals surface area (Å²) in [5.41, 5.74) is 2.77. The first-order valence-electron chi connectivity index (χ1n) is 10.8. The highest BCUT2D eigenvalue weighted by molar-refractivity contribution is 8.00. The normalized spacial score (nSPS) is 19.0. The van der Waals surface area contributed by atoms with Crippen molar-refractivity contribution in [2.24, 2.45) is 0 Å². The van der Waals surface area contributed by atoms with Gasteiger partial charge in [-0.1, -0.05) is 42.1 Å². The van der Waals surface area contributed by atoms with Crippen molar-refractivity contribution in [1.29, 1.82) is 0 Å². The van der Waals surface area contributed by atoms with Gasteiger partial charge in [0.05, 0.1) is 28.8 Å². The maximum atomic E-state index is 13.3. The predicted octanol–water partition coefficient (Wildman–Crippen LogP) is 3.65. The molecule has 7 heteroatoms. The average Bonchev–Trinajstić information content (AvgIpc) is 3.46. The third-order valence-electron chi connectivity index (χ3n) is 6.02. The van der Waals surface area contributed by atoms with Crippen LogP contribution in [0.4, 0.5) is 5.69 Å². The summed E-state index contributed by atoms with van der Waals surface area (Å²) in [5.74, 6) is 0.0426. The molecule has 31 heavy (non-hydrogen) atoms. The molecular weight excluding hydrogens is 410 g/mol. The molecule has 0 bridgehead atoms. The van der Waals surface area contributed by atoms with E-state index in [1.807, 2.05) is 48.2 Å². The van der Waals surface area contributed by atoms with Crippen molar-refractivity contribution < 1.29 is 9.53 Å². The van der Waals surface area contributed by atoms with Crippen LogP contribution < -0.4 is 10.5 Å². The lowest BCUT2D eigenvalue weighted by Gasteiger charge is -2.22. The summed E-state index contributed by atoms with van der Waals surface area (Å²) in [6.45, 7) is 3.78. The maximum Gasteiger partial charge on any atom is 0.262 e. The molecule has 0 saturated carbocycles. The van der Waals surface area contributed by atoms with Crippen LogP contribution in [0.3, 0.4) is 0 Å². The number of thioether (sulfide) groups is 1. The van der Waals surface area contributed by atoms with Gasteiger partial charge in [0.1, 0.15) is 0 Å². The van der Waals surface area contributed by atoms with Crippen molar-refractivity contribution in [3.63, 3.8) is 0 Å². The summed E-state index contributed by atoms with van der Waals surface area (Å²) in [5, 5.41) is 0.805. The smallest absolute Gasteiger partial charge is 0.262 e. The molecule has 0 radical (unpaired) electrons. The van der Waals surface area contributed by atoms with E-state index in [1.54, 1.807) is 10.6 Å². The molecule has 160 valence electrons. The molecule has 0 N–H and O–H groups in total. The number of amides is 1. The van der Waals surface area contributed by atoms with E-state index in [1.165, 1.54) is 17.3 Å². The number of fused-ring (bicyclic) bond motifs is 2. The topological polar surface area (TPSA) is 64.4 Å². The van der Waals surface area contributed by atoms with Crippen molar-refractivity contribution in [1.82, 2.24) is 9.55 Å². The SMILES string of the molecule is C[C@H](Sc1nc2ccccc2c(=O)n1C[C@H]1CCCO1)C(=O)N1CCc2ccccc21. The summed E-state index contributed by atoms with van der Waals surface area (Å²) in [6, 6.07) is 15.4.